The van der Waals surface area contributed by atoms with E-state index in [0.29, 0.717) is 0 Å². The maximum absolute atomic E-state index is 11.6. The standard InChI is InChI=1S/C17H34O3/c1-5-7-9-11-13-15(3)19-17(18)20-16(4)14-12-10-8-6-2/h15-16H,5-14H2,1-4H3. The van der Waals surface area contributed by atoms with Crippen molar-refractivity contribution in [1.82, 2.24) is 0 Å². The maximum atomic E-state index is 11.6. The fraction of sp³-hybridized carbons (Fsp3) is 0.941. The zero-order valence-corrected chi connectivity index (χ0v) is 14.0. The predicted octanol–water partition coefficient (Wildman–Crippen LogP) is 5.86. The number of rotatable bonds is 12. The van der Waals surface area contributed by atoms with Gasteiger partial charge in [-0.1, -0.05) is 52.4 Å². The molecule has 120 valence electrons. The van der Waals surface area contributed by atoms with Crippen LogP contribution in [0.3, 0.4) is 0 Å². The van der Waals surface area contributed by atoms with Crippen molar-refractivity contribution >= 4 is 6.16 Å². The van der Waals surface area contributed by atoms with Crippen molar-refractivity contribution in [1.29, 1.82) is 0 Å². The molecule has 0 bridgehead atoms. The van der Waals surface area contributed by atoms with Gasteiger partial charge in [0.05, 0.1) is 0 Å². The Morgan fingerprint density at radius 2 is 1.15 bits per heavy atom. The van der Waals surface area contributed by atoms with Gasteiger partial charge in [-0.25, -0.2) is 4.79 Å². The van der Waals surface area contributed by atoms with Crippen LogP contribution in [-0.4, -0.2) is 18.4 Å². The number of hydrogen-bond acceptors (Lipinski definition) is 3. The average molecular weight is 286 g/mol. The van der Waals surface area contributed by atoms with E-state index in [1.807, 2.05) is 13.8 Å². The summed E-state index contributed by atoms with van der Waals surface area (Å²) in [6, 6.07) is 0. The minimum atomic E-state index is -0.504. The molecule has 2 atom stereocenters. The first-order chi connectivity index (χ1) is 9.60. The highest BCUT2D eigenvalue weighted by molar-refractivity contribution is 5.60. The van der Waals surface area contributed by atoms with E-state index in [9.17, 15) is 4.79 Å². The first kappa shape index (κ1) is 19.3. The molecule has 3 heteroatoms. The lowest BCUT2D eigenvalue weighted by atomic mass is 10.1. The lowest BCUT2D eigenvalue weighted by molar-refractivity contribution is 0.00265. The van der Waals surface area contributed by atoms with Gasteiger partial charge >= 0.3 is 6.16 Å². The molecule has 3 nitrogen and oxygen atoms in total. The molecule has 0 rings (SSSR count). The summed E-state index contributed by atoms with van der Waals surface area (Å²) in [7, 11) is 0. The molecule has 0 aromatic rings. The van der Waals surface area contributed by atoms with Crippen LogP contribution in [-0.2, 0) is 9.47 Å². The molecular formula is C17H34O3. The van der Waals surface area contributed by atoms with E-state index in [2.05, 4.69) is 13.8 Å². The van der Waals surface area contributed by atoms with Gasteiger partial charge in [0.25, 0.3) is 0 Å². The summed E-state index contributed by atoms with van der Waals surface area (Å²) in [5.41, 5.74) is 0. The number of carbonyl (C=O) groups excluding carboxylic acids is 1. The fourth-order valence-electron chi connectivity index (χ4n) is 2.19. The van der Waals surface area contributed by atoms with Gasteiger partial charge in [-0.3, -0.25) is 0 Å². The molecule has 0 radical (unpaired) electrons. The quantitative estimate of drug-likeness (QED) is 0.333. The molecule has 0 aliphatic rings. The zero-order valence-electron chi connectivity index (χ0n) is 14.0. The van der Waals surface area contributed by atoms with E-state index in [0.717, 1.165) is 25.7 Å². The minimum absolute atomic E-state index is 0.0355. The normalized spacial score (nSPS) is 13.8. The molecule has 0 N–H and O–H groups in total. The molecule has 0 spiro atoms. The lowest BCUT2D eigenvalue weighted by Crippen LogP contribution is -2.20. The highest BCUT2D eigenvalue weighted by Gasteiger charge is 2.14. The third kappa shape index (κ3) is 12.3. The third-order valence-corrected chi connectivity index (χ3v) is 3.52. The van der Waals surface area contributed by atoms with Crippen LogP contribution < -0.4 is 0 Å². The van der Waals surface area contributed by atoms with Crippen LogP contribution in [0.1, 0.15) is 91.9 Å². The first-order valence-electron chi connectivity index (χ1n) is 8.47. The second-order valence-electron chi connectivity index (χ2n) is 5.81. The third-order valence-electron chi connectivity index (χ3n) is 3.52. The molecule has 0 saturated carbocycles. The SMILES string of the molecule is CCCCCCC(C)OC(=O)OC(C)CCCCCC. The van der Waals surface area contributed by atoms with Crippen LogP contribution in [0.5, 0.6) is 0 Å². The molecule has 0 saturated heterocycles. The Morgan fingerprint density at radius 3 is 1.50 bits per heavy atom. The van der Waals surface area contributed by atoms with Crippen molar-refractivity contribution < 1.29 is 14.3 Å². The molecule has 20 heavy (non-hydrogen) atoms. The Hall–Kier alpha value is -0.730. The second kappa shape index (κ2) is 13.3. The van der Waals surface area contributed by atoms with Crippen molar-refractivity contribution in [3.8, 4) is 0 Å². The lowest BCUT2D eigenvalue weighted by Gasteiger charge is -2.16. The molecule has 0 amide bonds. The van der Waals surface area contributed by atoms with Gasteiger partial charge < -0.3 is 9.47 Å². The maximum Gasteiger partial charge on any atom is 0.508 e. The Bertz CT molecular complexity index is 206. The summed E-state index contributed by atoms with van der Waals surface area (Å²) in [6.45, 7) is 8.27. The first-order valence-corrected chi connectivity index (χ1v) is 8.47. The van der Waals surface area contributed by atoms with Crippen molar-refractivity contribution in [3.05, 3.63) is 0 Å². The smallest absolute Gasteiger partial charge is 0.431 e. The Morgan fingerprint density at radius 1 is 0.750 bits per heavy atom. The van der Waals surface area contributed by atoms with Gasteiger partial charge in [0, 0.05) is 0 Å². The van der Waals surface area contributed by atoms with Crippen LogP contribution >= 0.6 is 0 Å². The summed E-state index contributed by atoms with van der Waals surface area (Å²) in [5, 5.41) is 0. The Kier molecular flexibility index (Phi) is 12.8. The largest absolute Gasteiger partial charge is 0.508 e. The highest BCUT2D eigenvalue weighted by atomic mass is 16.7. The molecule has 2 unspecified atom stereocenters. The topological polar surface area (TPSA) is 35.5 Å². The van der Waals surface area contributed by atoms with E-state index in [4.69, 9.17) is 9.47 Å². The summed E-state index contributed by atoms with van der Waals surface area (Å²) >= 11 is 0. The monoisotopic (exact) mass is 286 g/mol. The van der Waals surface area contributed by atoms with Gasteiger partial charge in [0.2, 0.25) is 0 Å². The van der Waals surface area contributed by atoms with Gasteiger partial charge in [0.1, 0.15) is 12.2 Å². The van der Waals surface area contributed by atoms with E-state index >= 15 is 0 Å². The van der Waals surface area contributed by atoms with Gasteiger partial charge in [-0.05, 0) is 39.5 Å². The summed E-state index contributed by atoms with van der Waals surface area (Å²) in [5.74, 6) is 0. The molecule has 0 fully saturated rings. The second-order valence-corrected chi connectivity index (χ2v) is 5.81. The van der Waals surface area contributed by atoms with E-state index in [-0.39, 0.29) is 12.2 Å². The van der Waals surface area contributed by atoms with Crippen LogP contribution in [0.15, 0.2) is 0 Å². The molecule has 0 aromatic carbocycles. The summed E-state index contributed by atoms with van der Waals surface area (Å²) in [6.07, 6.45) is 10.9. The highest BCUT2D eigenvalue weighted by Crippen LogP contribution is 2.11. The molecule has 0 heterocycles. The van der Waals surface area contributed by atoms with Crippen molar-refractivity contribution in [2.75, 3.05) is 0 Å². The molecule has 0 aromatic heterocycles. The number of ether oxygens (including phenoxy) is 2. The molecular weight excluding hydrogens is 252 g/mol. The Balaban J connectivity index is 3.59. The van der Waals surface area contributed by atoms with Crippen molar-refractivity contribution in [3.63, 3.8) is 0 Å². The zero-order chi connectivity index (χ0) is 15.2. The minimum Gasteiger partial charge on any atom is -0.431 e. The Labute approximate surface area is 125 Å². The van der Waals surface area contributed by atoms with Gasteiger partial charge in [0.15, 0.2) is 0 Å². The van der Waals surface area contributed by atoms with E-state index in [1.54, 1.807) is 0 Å². The van der Waals surface area contributed by atoms with Gasteiger partial charge in [-0.2, -0.15) is 0 Å². The van der Waals surface area contributed by atoms with Crippen molar-refractivity contribution in [2.24, 2.45) is 0 Å². The van der Waals surface area contributed by atoms with Crippen molar-refractivity contribution in [2.45, 2.75) is 104 Å². The van der Waals surface area contributed by atoms with Crippen LogP contribution in [0.2, 0.25) is 0 Å². The molecule has 0 aliphatic heterocycles. The predicted molar refractivity (Wildman–Crippen MR) is 84.0 cm³/mol. The summed E-state index contributed by atoms with van der Waals surface area (Å²) in [4.78, 5) is 11.6. The van der Waals surface area contributed by atoms with Gasteiger partial charge in [-0.15, -0.1) is 0 Å². The van der Waals surface area contributed by atoms with Crippen LogP contribution in [0.25, 0.3) is 0 Å². The number of unbranched alkanes of at least 4 members (excludes halogenated alkanes) is 6. The van der Waals surface area contributed by atoms with Crippen LogP contribution in [0.4, 0.5) is 4.79 Å². The number of hydrogen-bond donors (Lipinski definition) is 0. The number of carbonyl (C=O) groups is 1. The molecule has 0 aliphatic carbocycles. The van der Waals surface area contributed by atoms with Crippen LogP contribution in [0, 0.1) is 0 Å². The van der Waals surface area contributed by atoms with E-state index < -0.39 is 6.16 Å². The fourth-order valence-corrected chi connectivity index (χ4v) is 2.19. The summed E-state index contributed by atoms with van der Waals surface area (Å²) < 4.78 is 10.5. The van der Waals surface area contributed by atoms with E-state index in [1.165, 1.54) is 38.5 Å². The average Bonchev–Trinajstić information content (AvgIpc) is 2.39.